The number of nitrogens with zero attached hydrogens (tertiary/aromatic N) is 3. The molecule has 2 amide bonds. The van der Waals surface area contributed by atoms with E-state index in [1.165, 1.54) is 50.6 Å². The third-order valence-corrected chi connectivity index (χ3v) is 8.00. The molecule has 0 spiro atoms. The van der Waals surface area contributed by atoms with Crippen LogP contribution in [0.4, 0.5) is 0 Å². The molecule has 0 unspecified atom stereocenters. The average Bonchev–Trinajstić information content (AvgIpc) is 2.96. The number of phenolic OH excluding ortho intramolecular Hbond substituents is 1. The predicted molar refractivity (Wildman–Crippen MR) is 151 cm³/mol. The quantitative estimate of drug-likeness (QED) is 0.346. The lowest BCUT2D eigenvalue weighted by atomic mass is 9.96. The number of hydrazone groups is 1. The van der Waals surface area contributed by atoms with Crippen LogP contribution in [0.3, 0.4) is 0 Å². The zero-order chi connectivity index (χ0) is 26.5. The minimum atomic E-state index is -0.432. The third kappa shape index (κ3) is 6.00. The number of nitrogens with one attached hydrogen (secondary N) is 1. The number of piperidine rings is 2. The van der Waals surface area contributed by atoms with Gasteiger partial charge in [-0.15, -0.1) is 0 Å². The second kappa shape index (κ2) is 12.0. The van der Waals surface area contributed by atoms with Gasteiger partial charge in [0.05, 0.1) is 17.7 Å². The van der Waals surface area contributed by atoms with Crippen molar-refractivity contribution in [2.45, 2.75) is 44.6 Å². The van der Waals surface area contributed by atoms with Gasteiger partial charge in [-0.25, -0.2) is 5.43 Å². The number of likely N-dealkylation sites (tertiary alicyclic amines) is 2. The van der Waals surface area contributed by atoms with Crippen LogP contribution < -0.4 is 5.43 Å². The molecule has 3 aromatic carbocycles. The molecule has 5 rings (SSSR count). The van der Waals surface area contributed by atoms with Crippen LogP contribution in [0.1, 0.15) is 53.6 Å². The van der Waals surface area contributed by atoms with E-state index in [0.29, 0.717) is 18.0 Å². The van der Waals surface area contributed by atoms with Crippen LogP contribution in [0.5, 0.6) is 5.75 Å². The molecule has 0 saturated carbocycles. The molecule has 8 heteroatoms. The highest BCUT2D eigenvalue weighted by molar-refractivity contribution is 6.32. The number of amides is 2. The summed E-state index contributed by atoms with van der Waals surface area (Å²) in [5.41, 5.74) is 4.62. The second-order valence-corrected chi connectivity index (χ2v) is 10.5. The Kier molecular flexibility index (Phi) is 8.25. The molecule has 0 bridgehead atoms. The number of phenols is 1. The summed E-state index contributed by atoms with van der Waals surface area (Å²) in [4.78, 5) is 30.3. The fraction of sp³-hybridized carbons (Fsp3) is 0.367. The Balaban J connectivity index is 1.23. The monoisotopic (exact) mass is 532 g/mol. The van der Waals surface area contributed by atoms with Crippen LogP contribution >= 0.6 is 11.6 Å². The van der Waals surface area contributed by atoms with E-state index in [2.05, 4.69) is 15.4 Å². The molecule has 2 N–H and O–H groups in total. The predicted octanol–water partition coefficient (Wildman–Crippen LogP) is 4.98. The number of aromatic hydroxyl groups is 1. The molecule has 0 aromatic heterocycles. The molecule has 38 heavy (non-hydrogen) atoms. The van der Waals surface area contributed by atoms with Gasteiger partial charge < -0.3 is 14.9 Å². The van der Waals surface area contributed by atoms with E-state index in [0.717, 1.165) is 47.8 Å². The number of hydrogen-bond donors (Lipinski definition) is 2. The van der Waals surface area contributed by atoms with Gasteiger partial charge in [-0.05, 0) is 73.3 Å². The zero-order valence-corrected chi connectivity index (χ0v) is 22.2. The van der Waals surface area contributed by atoms with Crippen molar-refractivity contribution in [3.05, 3.63) is 76.3 Å². The van der Waals surface area contributed by atoms with E-state index >= 15 is 0 Å². The molecule has 2 aliphatic rings. The van der Waals surface area contributed by atoms with Gasteiger partial charge in [0.15, 0.2) is 0 Å². The van der Waals surface area contributed by atoms with E-state index in [4.69, 9.17) is 11.6 Å². The van der Waals surface area contributed by atoms with Crippen molar-refractivity contribution in [3.8, 4) is 5.75 Å². The number of carbonyl (C=O) groups is 2. The smallest absolute Gasteiger partial charge is 0.271 e. The van der Waals surface area contributed by atoms with Gasteiger partial charge >= 0.3 is 0 Å². The first kappa shape index (κ1) is 26.2. The van der Waals surface area contributed by atoms with Crippen molar-refractivity contribution in [3.63, 3.8) is 0 Å². The third-order valence-electron chi connectivity index (χ3n) is 7.69. The Morgan fingerprint density at radius 1 is 0.974 bits per heavy atom. The summed E-state index contributed by atoms with van der Waals surface area (Å²) in [6.07, 6.45) is 8.02. The maximum atomic E-state index is 13.2. The lowest BCUT2D eigenvalue weighted by molar-refractivity contribution is -0.132. The highest BCUT2D eigenvalue weighted by Gasteiger charge is 2.27. The molecule has 2 saturated heterocycles. The number of carbonyl (C=O) groups excluding carboxylic acids is 2. The summed E-state index contributed by atoms with van der Waals surface area (Å²) in [5, 5.41) is 15.7. The summed E-state index contributed by atoms with van der Waals surface area (Å²) < 4.78 is 0. The molecule has 0 radical (unpaired) electrons. The molecule has 7 nitrogen and oxygen atoms in total. The Morgan fingerprint density at radius 2 is 1.71 bits per heavy atom. The molecular weight excluding hydrogens is 500 g/mol. The molecule has 2 heterocycles. The van der Waals surface area contributed by atoms with Gasteiger partial charge in [0.2, 0.25) is 5.91 Å². The van der Waals surface area contributed by atoms with Crippen molar-refractivity contribution in [1.29, 1.82) is 0 Å². The van der Waals surface area contributed by atoms with E-state index in [1.54, 1.807) is 6.21 Å². The summed E-state index contributed by atoms with van der Waals surface area (Å²) >= 11 is 5.89. The van der Waals surface area contributed by atoms with Crippen molar-refractivity contribution in [2.75, 3.05) is 26.2 Å². The van der Waals surface area contributed by atoms with Gasteiger partial charge in [0, 0.05) is 30.3 Å². The van der Waals surface area contributed by atoms with Crippen LogP contribution in [0, 0.1) is 0 Å². The molecule has 3 aromatic rings. The number of hydrogen-bond acceptors (Lipinski definition) is 5. The summed E-state index contributed by atoms with van der Waals surface area (Å²) in [6.45, 7) is 4.06. The average molecular weight is 533 g/mol. The van der Waals surface area contributed by atoms with Crippen LogP contribution in [0.2, 0.25) is 5.02 Å². The van der Waals surface area contributed by atoms with E-state index < -0.39 is 5.91 Å². The minimum absolute atomic E-state index is 0.0845. The highest BCUT2D eigenvalue weighted by Crippen LogP contribution is 2.26. The van der Waals surface area contributed by atoms with Gasteiger partial charge in [0.1, 0.15) is 5.75 Å². The summed E-state index contributed by atoms with van der Waals surface area (Å²) in [7, 11) is 0. The number of rotatable bonds is 6. The van der Waals surface area contributed by atoms with Gasteiger partial charge in [-0.2, -0.15) is 5.10 Å². The Hall–Kier alpha value is -3.42. The molecule has 0 atom stereocenters. The molecule has 198 valence electrons. The zero-order valence-electron chi connectivity index (χ0n) is 21.4. The van der Waals surface area contributed by atoms with Crippen molar-refractivity contribution in [2.24, 2.45) is 5.10 Å². The largest absolute Gasteiger partial charge is 0.506 e. The fourth-order valence-corrected chi connectivity index (χ4v) is 5.74. The molecule has 0 aliphatic carbocycles. The summed E-state index contributed by atoms with van der Waals surface area (Å²) in [6, 6.07) is 16.7. The van der Waals surface area contributed by atoms with Crippen molar-refractivity contribution in [1.82, 2.24) is 15.2 Å². The van der Waals surface area contributed by atoms with Gasteiger partial charge in [-0.3, -0.25) is 9.59 Å². The maximum absolute atomic E-state index is 13.2. The number of fused-ring (bicyclic) bond motifs is 1. The number of benzene rings is 3. The second-order valence-electron chi connectivity index (χ2n) is 10.1. The van der Waals surface area contributed by atoms with Crippen molar-refractivity contribution >= 4 is 40.4 Å². The van der Waals surface area contributed by atoms with E-state index in [-0.39, 0.29) is 16.7 Å². The number of halogens is 1. The van der Waals surface area contributed by atoms with Gasteiger partial charge in [0.25, 0.3) is 5.91 Å². The Bertz CT molecular complexity index is 1340. The maximum Gasteiger partial charge on any atom is 0.271 e. The van der Waals surface area contributed by atoms with Crippen LogP contribution in [-0.4, -0.2) is 65.2 Å². The highest BCUT2D eigenvalue weighted by atomic mass is 35.5. The lowest BCUT2D eigenvalue weighted by Gasteiger charge is -2.40. The standard InChI is InChI=1S/C30H33ClN4O3/c31-27-18-22(10-11-28(27)36)30(38)33-32-20-23-9-8-21(25-6-2-3-7-26(23)25)19-29(37)35-16-12-24(13-17-35)34-14-4-1-5-15-34/h2-3,6-11,18,20,24,36H,1,4-5,12-17,19H2,(H,33,38)/b32-20+. The normalized spacial score (nSPS) is 17.2. The van der Waals surface area contributed by atoms with Crippen molar-refractivity contribution < 1.29 is 14.7 Å². The lowest BCUT2D eigenvalue weighted by Crippen LogP contribution is -2.48. The first-order valence-electron chi connectivity index (χ1n) is 13.3. The van der Waals surface area contributed by atoms with Crippen LogP contribution in [0.15, 0.2) is 59.7 Å². The first-order chi connectivity index (χ1) is 18.5. The Morgan fingerprint density at radius 3 is 2.45 bits per heavy atom. The SMILES string of the molecule is O=C(N/N=C/c1ccc(CC(=O)N2CCC(N3CCCCC3)CC2)c2ccccc12)c1ccc(O)c(Cl)c1. The topological polar surface area (TPSA) is 85.2 Å². The minimum Gasteiger partial charge on any atom is -0.506 e. The first-order valence-corrected chi connectivity index (χ1v) is 13.7. The van der Waals surface area contributed by atoms with E-state index in [9.17, 15) is 14.7 Å². The van der Waals surface area contributed by atoms with E-state index in [1.807, 2.05) is 41.3 Å². The van der Waals surface area contributed by atoms with Gasteiger partial charge in [-0.1, -0.05) is 54.4 Å². The fourth-order valence-electron chi connectivity index (χ4n) is 5.56. The molecule has 2 fully saturated rings. The van der Waals surface area contributed by atoms with Crippen LogP contribution in [0.25, 0.3) is 10.8 Å². The summed E-state index contributed by atoms with van der Waals surface area (Å²) in [5.74, 6) is -0.342. The molecular formula is C30H33ClN4O3. The van der Waals surface area contributed by atoms with Crippen LogP contribution in [-0.2, 0) is 11.2 Å². The molecule has 2 aliphatic heterocycles. The Labute approximate surface area is 228 Å².